The molecule has 148 valence electrons. The van der Waals surface area contributed by atoms with Gasteiger partial charge in [-0.3, -0.25) is 14.5 Å². The van der Waals surface area contributed by atoms with E-state index in [1.165, 1.54) is 16.2 Å². The van der Waals surface area contributed by atoms with Gasteiger partial charge in [-0.1, -0.05) is 11.3 Å². The van der Waals surface area contributed by atoms with E-state index in [2.05, 4.69) is 15.1 Å². The molecule has 3 fully saturated rings. The fraction of sp³-hybridized carbons (Fsp3) is 0.667. The van der Waals surface area contributed by atoms with Crippen molar-refractivity contribution >= 4 is 34.9 Å². The molecule has 1 aromatic rings. The van der Waals surface area contributed by atoms with Crippen LogP contribution >= 0.6 is 11.3 Å². The van der Waals surface area contributed by atoms with Gasteiger partial charge in [-0.15, -0.1) is 10.2 Å². The number of fused-ring (bicyclic) bond motifs is 1. The number of carboxylic acid groups (broad SMARTS) is 1. The smallest absolute Gasteiger partial charge is 0.410 e. The molecule has 2 N–H and O–H groups in total. The fourth-order valence-corrected chi connectivity index (χ4v) is 4.45. The Morgan fingerprint density at radius 2 is 2.22 bits per heavy atom. The number of amides is 2. The van der Waals surface area contributed by atoms with E-state index in [-0.39, 0.29) is 36.9 Å². The first kappa shape index (κ1) is 19.3. The van der Waals surface area contributed by atoms with E-state index in [4.69, 9.17) is 14.6 Å². The second kappa shape index (κ2) is 8.05. The van der Waals surface area contributed by atoms with Gasteiger partial charge in [0.1, 0.15) is 18.7 Å². The quantitative estimate of drug-likeness (QED) is 0.608. The molecule has 0 aliphatic carbocycles. The molecule has 0 aromatic carbocycles. The third kappa shape index (κ3) is 3.81. The summed E-state index contributed by atoms with van der Waals surface area (Å²) in [6.07, 6.45) is -0.429. The molecule has 0 radical (unpaired) electrons. The van der Waals surface area contributed by atoms with Crippen molar-refractivity contribution in [2.45, 2.75) is 0 Å². The highest BCUT2D eigenvalue weighted by atomic mass is 32.1. The minimum absolute atomic E-state index is 0.0303. The summed E-state index contributed by atoms with van der Waals surface area (Å²) in [6.45, 7) is 3.15. The molecule has 4 heterocycles. The third-order valence-corrected chi connectivity index (χ3v) is 5.97. The number of aromatic nitrogens is 2. The van der Waals surface area contributed by atoms with Crippen molar-refractivity contribution in [1.82, 2.24) is 20.0 Å². The van der Waals surface area contributed by atoms with Gasteiger partial charge in [0, 0.05) is 37.5 Å². The van der Waals surface area contributed by atoms with Crippen molar-refractivity contribution in [2.75, 3.05) is 57.4 Å². The largest absolute Gasteiger partial charge is 0.483 e. The SMILES string of the molecule is O=C(CN1CCOC1=O)N1C[C@@H]2CN(c3nncs3)C[C@]2(CO)C1.O=CO. The Kier molecular flexibility index (Phi) is 5.75. The van der Waals surface area contributed by atoms with Crippen LogP contribution in [0.4, 0.5) is 9.93 Å². The first-order valence-corrected chi connectivity index (χ1v) is 9.30. The van der Waals surface area contributed by atoms with E-state index in [9.17, 15) is 14.7 Å². The number of carbonyl (C=O) groups is 3. The Morgan fingerprint density at radius 3 is 2.78 bits per heavy atom. The molecular formula is C15H21N5O6S. The van der Waals surface area contributed by atoms with Gasteiger partial charge >= 0.3 is 6.09 Å². The van der Waals surface area contributed by atoms with Gasteiger partial charge in [-0.2, -0.15) is 0 Å². The Labute approximate surface area is 159 Å². The highest BCUT2D eigenvalue weighted by Crippen LogP contribution is 2.43. The van der Waals surface area contributed by atoms with Crippen LogP contribution in [-0.2, 0) is 14.3 Å². The molecule has 12 heteroatoms. The first-order chi connectivity index (χ1) is 13.0. The van der Waals surface area contributed by atoms with Crippen LogP contribution in [0.25, 0.3) is 0 Å². The molecule has 4 rings (SSSR count). The molecule has 3 saturated heterocycles. The van der Waals surface area contributed by atoms with Gasteiger partial charge in [0.05, 0.1) is 13.2 Å². The van der Waals surface area contributed by atoms with Crippen LogP contribution in [0.2, 0.25) is 0 Å². The molecule has 0 unspecified atom stereocenters. The van der Waals surface area contributed by atoms with E-state index in [1.807, 2.05) is 0 Å². The summed E-state index contributed by atoms with van der Waals surface area (Å²) in [7, 11) is 0. The molecule has 1 aromatic heterocycles. The number of ether oxygens (including phenoxy) is 1. The fourth-order valence-electron chi connectivity index (χ4n) is 3.88. The van der Waals surface area contributed by atoms with Crippen LogP contribution in [0.15, 0.2) is 5.51 Å². The normalized spacial score (nSPS) is 26.5. The third-order valence-electron chi connectivity index (χ3n) is 5.22. The number of aliphatic hydroxyl groups excluding tert-OH is 1. The highest BCUT2D eigenvalue weighted by molar-refractivity contribution is 7.13. The summed E-state index contributed by atoms with van der Waals surface area (Å²) in [5, 5.41) is 25.7. The first-order valence-electron chi connectivity index (χ1n) is 8.42. The van der Waals surface area contributed by atoms with Crippen molar-refractivity contribution < 1.29 is 29.3 Å². The van der Waals surface area contributed by atoms with Crippen LogP contribution in [0.1, 0.15) is 0 Å². The number of cyclic esters (lactones) is 1. The lowest BCUT2D eigenvalue weighted by Crippen LogP contribution is -2.43. The maximum Gasteiger partial charge on any atom is 0.410 e. The molecule has 2 amide bonds. The van der Waals surface area contributed by atoms with Gasteiger partial charge in [0.15, 0.2) is 0 Å². The van der Waals surface area contributed by atoms with Crippen LogP contribution in [-0.4, -0.2) is 101 Å². The van der Waals surface area contributed by atoms with E-state index < -0.39 is 6.09 Å². The van der Waals surface area contributed by atoms with Crippen LogP contribution in [0.3, 0.4) is 0 Å². The predicted octanol–water partition coefficient (Wildman–Crippen LogP) is -1.05. The van der Waals surface area contributed by atoms with Crippen LogP contribution < -0.4 is 4.90 Å². The molecule has 3 aliphatic rings. The zero-order valence-corrected chi connectivity index (χ0v) is 15.4. The van der Waals surface area contributed by atoms with Crippen LogP contribution in [0, 0.1) is 11.3 Å². The van der Waals surface area contributed by atoms with E-state index >= 15 is 0 Å². The lowest BCUT2D eigenvalue weighted by Gasteiger charge is -2.27. The molecular weight excluding hydrogens is 378 g/mol. The average Bonchev–Trinajstić information content (AvgIpc) is 3.38. The van der Waals surface area contributed by atoms with Gasteiger partial charge in [0.25, 0.3) is 6.47 Å². The standard InChI is InChI=1S/C14H19N5O4S.CH2O2/c20-8-14-6-18(11(21)5-17-1-2-23-13(17)22)3-10(14)4-19(7-14)12-16-15-9-24-12;2-1-3/h9-10,20H,1-8H2;1H,(H,2,3)/t10-,14+;/m1./s1. The van der Waals surface area contributed by atoms with Gasteiger partial charge < -0.3 is 24.7 Å². The summed E-state index contributed by atoms with van der Waals surface area (Å²) in [5.41, 5.74) is 1.37. The second-order valence-corrected chi connectivity index (χ2v) is 7.55. The number of aliphatic hydroxyl groups is 1. The summed E-state index contributed by atoms with van der Waals surface area (Å²) in [6, 6.07) is 0. The number of anilines is 1. The van der Waals surface area contributed by atoms with E-state index in [0.717, 1.165) is 11.7 Å². The average molecular weight is 399 g/mol. The number of carbonyl (C=O) groups excluding carboxylic acids is 2. The Morgan fingerprint density at radius 1 is 1.44 bits per heavy atom. The summed E-state index contributed by atoms with van der Waals surface area (Å²) in [5.74, 6) is 0.111. The summed E-state index contributed by atoms with van der Waals surface area (Å²) >= 11 is 1.48. The van der Waals surface area contributed by atoms with Gasteiger partial charge in [-0.05, 0) is 0 Å². The monoisotopic (exact) mass is 399 g/mol. The zero-order chi connectivity index (χ0) is 19.4. The molecule has 0 spiro atoms. The number of hydrogen-bond donors (Lipinski definition) is 2. The zero-order valence-electron chi connectivity index (χ0n) is 14.6. The number of rotatable bonds is 4. The van der Waals surface area contributed by atoms with Gasteiger partial charge in [-0.25, -0.2) is 4.79 Å². The molecule has 11 nitrogen and oxygen atoms in total. The van der Waals surface area contributed by atoms with E-state index in [0.29, 0.717) is 32.8 Å². The van der Waals surface area contributed by atoms with Gasteiger partial charge in [0.2, 0.25) is 11.0 Å². The maximum atomic E-state index is 12.5. The Hall–Kier alpha value is -2.47. The van der Waals surface area contributed by atoms with E-state index in [1.54, 1.807) is 10.4 Å². The number of hydrogen-bond acceptors (Lipinski definition) is 9. The molecule has 0 saturated carbocycles. The lowest BCUT2D eigenvalue weighted by atomic mass is 9.82. The van der Waals surface area contributed by atoms with Crippen molar-refractivity contribution in [3.63, 3.8) is 0 Å². The molecule has 3 aliphatic heterocycles. The summed E-state index contributed by atoms with van der Waals surface area (Å²) < 4.78 is 4.86. The predicted molar refractivity (Wildman–Crippen MR) is 93.3 cm³/mol. The minimum Gasteiger partial charge on any atom is -0.483 e. The Bertz CT molecular complexity index is 688. The van der Waals surface area contributed by atoms with Crippen molar-refractivity contribution in [3.8, 4) is 0 Å². The Balaban J connectivity index is 0.000000659. The highest BCUT2D eigenvalue weighted by Gasteiger charge is 2.53. The second-order valence-electron chi connectivity index (χ2n) is 6.73. The van der Waals surface area contributed by atoms with Crippen molar-refractivity contribution in [1.29, 1.82) is 0 Å². The van der Waals surface area contributed by atoms with Crippen molar-refractivity contribution in [3.05, 3.63) is 5.51 Å². The molecule has 27 heavy (non-hydrogen) atoms. The van der Waals surface area contributed by atoms with Crippen LogP contribution in [0.5, 0.6) is 0 Å². The maximum absolute atomic E-state index is 12.5. The summed E-state index contributed by atoms with van der Waals surface area (Å²) in [4.78, 5) is 37.7. The topological polar surface area (TPSA) is 136 Å². The molecule has 0 bridgehead atoms. The van der Waals surface area contributed by atoms with Crippen molar-refractivity contribution in [2.24, 2.45) is 11.3 Å². The number of nitrogens with zero attached hydrogens (tertiary/aromatic N) is 5. The number of likely N-dealkylation sites (tertiary alicyclic amines) is 1. The minimum atomic E-state index is -0.429. The lowest BCUT2D eigenvalue weighted by molar-refractivity contribution is -0.131. The molecule has 2 atom stereocenters.